The molecule has 0 amide bonds. The van der Waals surface area contributed by atoms with Gasteiger partial charge in [0, 0.05) is 26.2 Å². The minimum absolute atomic E-state index is 1.26. The van der Waals surface area contributed by atoms with Gasteiger partial charge in [-0.15, -0.1) is 0 Å². The third-order valence-corrected chi connectivity index (χ3v) is 6.48. The Hall–Kier alpha value is -0.0800. The number of hydrazine groups is 1. The zero-order valence-corrected chi connectivity index (χ0v) is 21.9. The highest BCUT2D eigenvalue weighted by Crippen LogP contribution is 2.14. The van der Waals surface area contributed by atoms with Gasteiger partial charge in [-0.2, -0.15) is 0 Å². The molecule has 0 atom stereocenters. The van der Waals surface area contributed by atoms with Crippen LogP contribution in [0.15, 0.2) is 0 Å². The summed E-state index contributed by atoms with van der Waals surface area (Å²) in [5.41, 5.74) is 0. The first kappa shape index (κ1) is 29.9. The van der Waals surface area contributed by atoms with Gasteiger partial charge in [-0.3, -0.25) is 0 Å². The molecule has 2 nitrogen and oxygen atoms in total. The summed E-state index contributed by atoms with van der Waals surface area (Å²) in [6.45, 7) is 14.3. The first-order valence-electron chi connectivity index (χ1n) is 14.3. The van der Waals surface area contributed by atoms with Crippen LogP contribution in [-0.4, -0.2) is 36.2 Å². The van der Waals surface area contributed by atoms with Crippen molar-refractivity contribution in [1.29, 1.82) is 0 Å². The van der Waals surface area contributed by atoms with Crippen LogP contribution < -0.4 is 0 Å². The topological polar surface area (TPSA) is 6.48 Å². The van der Waals surface area contributed by atoms with E-state index in [1.807, 2.05) is 0 Å². The molecule has 0 aliphatic carbocycles. The van der Waals surface area contributed by atoms with Crippen molar-refractivity contribution < 1.29 is 0 Å². The van der Waals surface area contributed by atoms with Crippen LogP contribution in [0.4, 0.5) is 0 Å². The van der Waals surface area contributed by atoms with E-state index in [0.29, 0.717) is 0 Å². The maximum atomic E-state index is 2.72. The molecule has 0 rings (SSSR count). The molecule has 0 bridgehead atoms. The molecule has 0 aliphatic heterocycles. The van der Waals surface area contributed by atoms with Gasteiger partial charge in [0.15, 0.2) is 0 Å². The Bertz CT molecular complexity index is 297. The summed E-state index contributed by atoms with van der Waals surface area (Å²) in [6.07, 6.45) is 28.2. The third-order valence-electron chi connectivity index (χ3n) is 6.48. The van der Waals surface area contributed by atoms with E-state index in [9.17, 15) is 0 Å². The van der Waals surface area contributed by atoms with Crippen LogP contribution >= 0.6 is 0 Å². The minimum atomic E-state index is 1.26. The van der Waals surface area contributed by atoms with Gasteiger partial charge in [-0.25, -0.2) is 10.0 Å². The summed E-state index contributed by atoms with van der Waals surface area (Å²) >= 11 is 0. The molecule has 0 heterocycles. The van der Waals surface area contributed by atoms with Gasteiger partial charge in [0.2, 0.25) is 0 Å². The summed E-state index contributed by atoms with van der Waals surface area (Å²) in [5, 5.41) is 5.42. The highest BCUT2D eigenvalue weighted by molar-refractivity contribution is 4.61. The third kappa shape index (κ3) is 19.9. The van der Waals surface area contributed by atoms with Crippen LogP contribution in [0.5, 0.6) is 0 Å². The summed E-state index contributed by atoms with van der Waals surface area (Å²) in [7, 11) is 0. The first-order chi connectivity index (χ1) is 14.8. The molecule has 0 aromatic rings. The number of rotatable bonds is 25. The minimum Gasteiger partial charge on any atom is -0.242 e. The van der Waals surface area contributed by atoms with Crippen LogP contribution in [-0.2, 0) is 0 Å². The Morgan fingerprint density at radius 2 is 0.500 bits per heavy atom. The van der Waals surface area contributed by atoms with E-state index in [4.69, 9.17) is 0 Å². The van der Waals surface area contributed by atoms with Crippen molar-refractivity contribution in [2.24, 2.45) is 0 Å². The Labute approximate surface area is 192 Å². The normalized spacial score (nSPS) is 11.8. The monoisotopic (exact) mass is 424 g/mol. The Morgan fingerprint density at radius 3 is 0.800 bits per heavy atom. The van der Waals surface area contributed by atoms with Crippen LogP contribution in [0, 0.1) is 0 Å². The SMILES string of the molecule is CCCCCCCCCCCCCCCCN(CCCC)N(CCCC)CCCC. The summed E-state index contributed by atoms with van der Waals surface area (Å²) in [4.78, 5) is 0. The molecular formula is C28H60N2. The van der Waals surface area contributed by atoms with Gasteiger partial charge < -0.3 is 0 Å². The number of nitrogens with zero attached hydrogens (tertiary/aromatic N) is 2. The fraction of sp³-hybridized carbons (Fsp3) is 1.00. The molecule has 0 saturated heterocycles. The Balaban J connectivity index is 3.79. The van der Waals surface area contributed by atoms with Crippen molar-refractivity contribution in [1.82, 2.24) is 10.0 Å². The average Bonchev–Trinajstić information content (AvgIpc) is 2.76. The second-order valence-corrected chi connectivity index (χ2v) is 9.56. The summed E-state index contributed by atoms with van der Waals surface area (Å²) in [5.74, 6) is 0. The molecule has 0 aromatic carbocycles. The molecule has 0 unspecified atom stereocenters. The smallest absolute Gasteiger partial charge is 0.0133 e. The second kappa shape index (κ2) is 25.2. The molecule has 0 spiro atoms. The lowest BCUT2D eigenvalue weighted by atomic mass is 10.0. The van der Waals surface area contributed by atoms with Gasteiger partial charge in [0.05, 0.1) is 0 Å². The fourth-order valence-electron chi connectivity index (χ4n) is 4.30. The van der Waals surface area contributed by atoms with E-state index in [1.54, 1.807) is 0 Å². The quantitative estimate of drug-likeness (QED) is 0.106. The predicted molar refractivity (Wildman–Crippen MR) is 138 cm³/mol. The highest BCUT2D eigenvalue weighted by Gasteiger charge is 2.13. The molecular weight excluding hydrogens is 364 g/mol. The van der Waals surface area contributed by atoms with Crippen LogP contribution in [0.25, 0.3) is 0 Å². The number of unbranched alkanes of at least 4 members (excludes halogenated alkanes) is 16. The maximum absolute atomic E-state index is 2.72. The van der Waals surface area contributed by atoms with E-state index < -0.39 is 0 Å². The maximum Gasteiger partial charge on any atom is 0.0133 e. The van der Waals surface area contributed by atoms with Crippen molar-refractivity contribution in [2.75, 3.05) is 26.2 Å². The molecule has 2 heteroatoms. The van der Waals surface area contributed by atoms with Crippen molar-refractivity contribution in [3.05, 3.63) is 0 Å². The lowest BCUT2D eigenvalue weighted by Crippen LogP contribution is -2.45. The predicted octanol–water partition coefficient (Wildman–Crippen LogP) is 9.39. The van der Waals surface area contributed by atoms with Crippen molar-refractivity contribution in [3.63, 3.8) is 0 Å². The van der Waals surface area contributed by atoms with Gasteiger partial charge in [-0.05, 0) is 25.7 Å². The number of hydrogen-bond donors (Lipinski definition) is 0. The summed E-state index contributed by atoms with van der Waals surface area (Å²) in [6, 6.07) is 0. The molecule has 182 valence electrons. The van der Waals surface area contributed by atoms with E-state index in [0.717, 1.165) is 0 Å². The molecule has 0 aromatic heterocycles. The zero-order valence-electron chi connectivity index (χ0n) is 21.9. The van der Waals surface area contributed by atoms with Gasteiger partial charge in [0.25, 0.3) is 0 Å². The van der Waals surface area contributed by atoms with E-state index in [2.05, 4.69) is 37.7 Å². The van der Waals surface area contributed by atoms with Gasteiger partial charge >= 0.3 is 0 Å². The van der Waals surface area contributed by atoms with Gasteiger partial charge in [-0.1, -0.05) is 130 Å². The van der Waals surface area contributed by atoms with Crippen molar-refractivity contribution in [3.8, 4) is 0 Å². The largest absolute Gasteiger partial charge is 0.242 e. The van der Waals surface area contributed by atoms with Crippen LogP contribution in [0.3, 0.4) is 0 Å². The fourth-order valence-corrected chi connectivity index (χ4v) is 4.30. The second-order valence-electron chi connectivity index (χ2n) is 9.56. The first-order valence-corrected chi connectivity index (χ1v) is 14.3. The lowest BCUT2D eigenvalue weighted by molar-refractivity contribution is -0.0299. The number of hydrogen-bond acceptors (Lipinski definition) is 2. The van der Waals surface area contributed by atoms with Crippen LogP contribution in [0.2, 0.25) is 0 Å². The molecule has 0 saturated carbocycles. The van der Waals surface area contributed by atoms with E-state index >= 15 is 0 Å². The molecule has 0 fully saturated rings. The molecule has 30 heavy (non-hydrogen) atoms. The van der Waals surface area contributed by atoms with E-state index in [1.165, 1.54) is 155 Å². The molecule has 0 radical (unpaired) electrons. The van der Waals surface area contributed by atoms with Gasteiger partial charge in [0.1, 0.15) is 0 Å². The Morgan fingerprint density at radius 1 is 0.267 bits per heavy atom. The standard InChI is InChI=1S/C28H60N2/c1-5-9-13-14-15-16-17-18-19-20-21-22-23-24-28-30(27-12-8-4)29(25-10-6-2)26-11-7-3/h5-28H2,1-4H3. The summed E-state index contributed by atoms with van der Waals surface area (Å²) < 4.78 is 0. The Kier molecular flexibility index (Phi) is 25.1. The molecule has 0 aliphatic rings. The van der Waals surface area contributed by atoms with Crippen LogP contribution in [0.1, 0.15) is 156 Å². The lowest BCUT2D eigenvalue weighted by Gasteiger charge is -2.35. The van der Waals surface area contributed by atoms with Crippen molar-refractivity contribution >= 4 is 0 Å². The van der Waals surface area contributed by atoms with E-state index in [-0.39, 0.29) is 0 Å². The molecule has 0 N–H and O–H groups in total. The average molecular weight is 425 g/mol. The highest BCUT2D eigenvalue weighted by atomic mass is 15.6. The van der Waals surface area contributed by atoms with Crippen molar-refractivity contribution in [2.45, 2.75) is 156 Å². The zero-order chi connectivity index (χ0) is 22.1.